The highest BCUT2D eigenvalue weighted by molar-refractivity contribution is 5.91. The van der Waals surface area contributed by atoms with Crippen molar-refractivity contribution in [1.82, 2.24) is 29.5 Å². The van der Waals surface area contributed by atoms with Crippen LogP contribution in [0, 0.1) is 13.8 Å². The van der Waals surface area contributed by atoms with Gasteiger partial charge in [-0.3, -0.25) is 0 Å². The molecule has 0 radical (unpaired) electrons. The SMILES string of the molecule is COc1ccc(C)c(-c2cc3cnc(Nc4ccccn4)nc3n3ncnc23)c1C. The average Bonchev–Trinajstić information content (AvgIpc) is 3.25. The van der Waals surface area contributed by atoms with Gasteiger partial charge in [-0.05, 0) is 54.8 Å². The molecule has 0 fully saturated rings. The number of hydrogen-bond donors (Lipinski definition) is 1. The van der Waals surface area contributed by atoms with Crippen LogP contribution < -0.4 is 10.1 Å². The number of ether oxygens (including phenoxy) is 1. The quantitative estimate of drug-likeness (QED) is 0.488. The molecule has 0 amide bonds. The van der Waals surface area contributed by atoms with E-state index in [1.807, 2.05) is 24.3 Å². The van der Waals surface area contributed by atoms with Gasteiger partial charge in [0.15, 0.2) is 11.3 Å². The molecule has 0 aliphatic carbocycles. The molecule has 4 heterocycles. The number of rotatable bonds is 4. The maximum Gasteiger partial charge on any atom is 0.230 e. The molecule has 30 heavy (non-hydrogen) atoms. The van der Waals surface area contributed by atoms with E-state index in [9.17, 15) is 0 Å². The van der Waals surface area contributed by atoms with Crippen LogP contribution in [0.5, 0.6) is 5.75 Å². The fourth-order valence-electron chi connectivity index (χ4n) is 3.71. The lowest BCUT2D eigenvalue weighted by atomic mass is 9.95. The van der Waals surface area contributed by atoms with Gasteiger partial charge in [0.05, 0.1) is 7.11 Å². The van der Waals surface area contributed by atoms with E-state index in [2.05, 4.69) is 56.3 Å². The number of aryl methyl sites for hydroxylation is 1. The summed E-state index contributed by atoms with van der Waals surface area (Å²) in [5, 5.41) is 8.40. The minimum absolute atomic E-state index is 0.444. The predicted molar refractivity (Wildman–Crippen MR) is 115 cm³/mol. The summed E-state index contributed by atoms with van der Waals surface area (Å²) in [6, 6.07) is 11.7. The summed E-state index contributed by atoms with van der Waals surface area (Å²) in [5.74, 6) is 1.95. The zero-order valence-corrected chi connectivity index (χ0v) is 16.8. The van der Waals surface area contributed by atoms with Crippen LogP contribution in [0.3, 0.4) is 0 Å². The van der Waals surface area contributed by atoms with Crippen molar-refractivity contribution in [1.29, 1.82) is 0 Å². The first-order valence-electron chi connectivity index (χ1n) is 9.48. The van der Waals surface area contributed by atoms with E-state index in [1.54, 1.807) is 24.0 Å². The molecule has 5 rings (SSSR count). The first kappa shape index (κ1) is 18.0. The van der Waals surface area contributed by atoms with Crippen molar-refractivity contribution in [3.8, 4) is 16.9 Å². The van der Waals surface area contributed by atoms with Crippen molar-refractivity contribution in [3.05, 3.63) is 66.2 Å². The number of anilines is 2. The van der Waals surface area contributed by atoms with Gasteiger partial charge in [-0.15, -0.1) is 0 Å². The summed E-state index contributed by atoms with van der Waals surface area (Å²) >= 11 is 0. The number of methoxy groups -OCH3 is 1. The Morgan fingerprint density at radius 2 is 1.90 bits per heavy atom. The normalized spacial score (nSPS) is 11.2. The molecule has 0 aliphatic rings. The topological polar surface area (TPSA) is 90.1 Å². The molecule has 0 bridgehead atoms. The Balaban J connectivity index is 1.71. The monoisotopic (exact) mass is 397 g/mol. The molecule has 8 nitrogen and oxygen atoms in total. The number of fused-ring (bicyclic) bond motifs is 3. The number of hydrogen-bond acceptors (Lipinski definition) is 7. The van der Waals surface area contributed by atoms with Crippen LogP contribution >= 0.6 is 0 Å². The van der Waals surface area contributed by atoms with Gasteiger partial charge in [0.25, 0.3) is 0 Å². The van der Waals surface area contributed by atoms with Crippen molar-refractivity contribution in [2.45, 2.75) is 13.8 Å². The molecule has 5 aromatic rings. The van der Waals surface area contributed by atoms with Gasteiger partial charge < -0.3 is 10.1 Å². The Bertz CT molecular complexity index is 1380. The summed E-state index contributed by atoms with van der Waals surface area (Å²) in [6.07, 6.45) is 5.03. The van der Waals surface area contributed by atoms with Crippen molar-refractivity contribution in [2.75, 3.05) is 12.4 Å². The van der Waals surface area contributed by atoms with Crippen LogP contribution in [0.4, 0.5) is 11.8 Å². The van der Waals surface area contributed by atoms with E-state index in [4.69, 9.17) is 4.74 Å². The zero-order valence-electron chi connectivity index (χ0n) is 16.8. The number of nitrogens with zero attached hydrogens (tertiary/aromatic N) is 6. The van der Waals surface area contributed by atoms with E-state index in [1.165, 1.54) is 6.33 Å². The smallest absolute Gasteiger partial charge is 0.230 e. The number of pyridine rings is 2. The fraction of sp³-hybridized carbons (Fsp3) is 0.136. The highest BCUT2D eigenvalue weighted by atomic mass is 16.5. The van der Waals surface area contributed by atoms with E-state index < -0.39 is 0 Å². The molecular formula is C22H19N7O. The van der Waals surface area contributed by atoms with Crippen LogP contribution in [0.25, 0.3) is 27.8 Å². The molecular weight excluding hydrogens is 378 g/mol. The number of aromatic nitrogens is 6. The molecule has 0 spiro atoms. The summed E-state index contributed by atoms with van der Waals surface area (Å²) in [7, 11) is 1.68. The molecule has 1 aromatic carbocycles. The number of nitrogens with one attached hydrogen (secondary N) is 1. The Hall–Kier alpha value is -4.07. The van der Waals surface area contributed by atoms with Gasteiger partial charge in [-0.2, -0.15) is 14.6 Å². The predicted octanol–water partition coefficient (Wildman–Crippen LogP) is 4.10. The molecule has 0 aliphatic heterocycles. The minimum atomic E-state index is 0.444. The molecule has 0 atom stereocenters. The standard InChI is InChI=1S/C22H19N7O/c1-13-7-8-17(30-3)14(2)19(13)16-10-15-11-24-22(27-18-6-4-5-9-23-18)28-20(15)29-21(16)25-12-26-29/h4-12H,1-3H3,(H,23,24,27,28). The highest BCUT2D eigenvalue weighted by Gasteiger charge is 2.17. The van der Waals surface area contributed by atoms with E-state index in [0.29, 0.717) is 17.4 Å². The minimum Gasteiger partial charge on any atom is -0.496 e. The third-order valence-electron chi connectivity index (χ3n) is 5.10. The third kappa shape index (κ3) is 2.89. The second-order valence-corrected chi connectivity index (χ2v) is 6.95. The van der Waals surface area contributed by atoms with Crippen LogP contribution in [-0.2, 0) is 0 Å². The molecule has 0 saturated carbocycles. The van der Waals surface area contributed by atoms with Crippen LogP contribution in [0.1, 0.15) is 11.1 Å². The van der Waals surface area contributed by atoms with Crippen LogP contribution in [0.15, 0.2) is 55.1 Å². The van der Waals surface area contributed by atoms with E-state index in [-0.39, 0.29) is 0 Å². The zero-order chi connectivity index (χ0) is 20.7. The van der Waals surface area contributed by atoms with E-state index >= 15 is 0 Å². The van der Waals surface area contributed by atoms with Crippen molar-refractivity contribution < 1.29 is 4.74 Å². The number of benzene rings is 1. The summed E-state index contributed by atoms with van der Waals surface area (Å²) in [4.78, 5) is 17.9. The summed E-state index contributed by atoms with van der Waals surface area (Å²) < 4.78 is 7.28. The van der Waals surface area contributed by atoms with Gasteiger partial charge in [0.1, 0.15) is 17.9 Å². The van der Waals surface area contributed by atoms with Gasteiger partial charge in [-0.1, -0.05) is 12.1 Å². The van der Waals surface area contributed by atoms with Gasteiger partial charge in [-0.25, -0.2) is 15.0 Å². The largest absolute Gasteiger partial charge is 0.496 e. The molecule has 148 valence electrons. The van der Waals surface area contributed by atoms with Gasteiger partial charge in [0.2, 0.25) is 5.95 Å². The lowest BCUT2D eigenvalue weighted by Crippen LogP contribution is -2.03. The Morgan fingerprint density at radius 1 is 1.00 bits per heavy atom. The first-order valence-corrected chi connectivity index (χ1v) is 9.48. The Morgan fingerprint density at radius 3 is 2.70 bits per heavy atom. The molecule has 0 saturated heterocycles. The Kier molecular flexibility index (Phi) is 4.24. The third-order valence-corrected chi connectivity index (χ3v) is 5.10. The maximum absolute atomic E-state index is 5.53. The van der Waals surface area contributed by atoms with Crippen LogP contribution in [0.2, 0.25) is 0 Å². The molecule has 4 aromatic heterocycles. The molecule has 1 N–H and O–H groups in total. The second-order valence-electron chi connectivity index (χ2n) is 6.95. The van der Waals surface area contributed by atoms with Crippen molar-refractivity contribution >= 4 is 28.4 Å². The first-order chi connectivity index (χ1) is 14.7. The maximum atomic E-state index is 5.53. The average molecular weight is 397 g/mol. The van der Waals surface area contributed by atoms with Crippen molar-refractivity contribution in [3.63, 3.8) is 0 Å². The summed E-state index contributed by atoms with van der Waals surface area (Å²) in [6.45, 7) is 4.13. The second kappa shape index (κ2) is 7.07. The fourth-order valence-corrected chi connectivity index (χ4v) is 3.71. The molecule has 0 unspecified atom stereocenters. The molecule has 8 heteroatoms. The lowest BCUT2D eigenvalue weighted by Gasteiger charge is -2.15. The van der Waals surface area contributed by atoms with Crippen molar-refractivity contribution in [2.24, 2.45) is 0 Å². The Labute approximate surface area is 172 Å². The van der Waals surface area contributed by atoms with Gasteiger partial charge in [0, 0.05) is 23.3 Å². The lowest BCUT2D eigenvalue weighted by molar-refractivity contribution is 0.412. The van der Waals surface area contributed by atoms with Crippen LogP contribution in [-0.4, -0.2) is 36.7 Å². The van der Waals surface area contributed by atoms with Gasteiger partial charge >= 0.3 is 0 Å². The van der Waals surface area contributed by atoms with E-state index in [0.717, 1.165) is 39.0 Å². The summed E-state index contributed by atoms with van der Waals surface area (Å²) in [5.41, 5.74) is 5.61. The highest BCUT2D eigenvalue weighted by Crippen LogP contribution is 2.36.